The summed E-state index contributed by atoms with van der Waals surface area (Å²) in [7, 11) is 0. The third-order valence-electron chi connectivity index (χ3n) is 4.28. The summed E-state index contributed by atoms with van der Waals surface area (Å²) in [6.07, 6.45) is 1.40. The molecule has 0 aromatic heterocycles. The molecule has 0 fully saturated rings. The van der Waals surface area contributed by atoms with Gasteiger partial charge in [-0.2, -0.15) is 5.26 Å². The van der Waals surface area contributed by atoms with Crippen molar-refractivity contribution in [3.8, 4) is 11.8 Å². The molecule has 0 radical (unpaired) electrons. The van der Waals surface area contributed by atoms with Crippen molar-refractivity contribution in [2.75, 3.05) is 5.32 Å². The molecule has 0 saturated carbocycles. The molecule has 0 saturated heterocycles. The van der Waals surface area contributed by atoms with E-state index in [1.807, 2.05) is 6.07 Å². The smallest absolute Gasteiger partial charge is 0.335 e. The van der Waals surface area contributed by atoms with E-state index in [1.54, 1.807) is 30.3 Å². The highest BCUT2D eigenvalue weighted by Gasteiger charge is 2.12. The molecule has 8 heteroatoms. The molecular formula is C24H16BrFN2O4. The lowest BCUT2D eigenvalue weighted by Gasteiger charge is -2.09. The van der Waals surface area contributed by atoms with E-state index in [9.17, 15) is 19.2 Å². The van der Waals surface area contributed by atoms with Crippen LogP contribution in [0.25, 0.3) is 6.08 Å². The van der Waals surface area contributed by atoms with Crippen LogP contribution < -0.4 is 10.1 Å². The van der Waals surface area contributed by atoms with Crippen molar-refractivity contribution in [2.24, 2.45) is 0 Å². The molecule has 6 nitrogen and oxygen atoms in total. The van der Waals surface area contributed by atoms with E-state index in [0.29, 0.717) is 21.3 Å². The third kappa shape index (κ3) is 6.03. The number of carbonyl (C=O) groups excluding carboxylic acids is 1. The fourth-order valence-electron chi connectivity index (χ4n) is 2.76. The first kappa shape index (κ1) is 22.7. The lowest BCUT2D eigenvalue weighted by molar-refractivity contribution is -0.112. The van der Waals surface area contributed by atoms with Crippen LogP contribution in [0.1, 0.15) is 21.5 Å². The van der Waals surface area contributed by atoms with Gasteiger partial charge in [0, 0.05) is 5.69 Å². The minimum Gasteiger partial charge on any atom is -0.488 e. The highest BCUT2D eigenvalue weighted by Crippen LogP contribution is 2.28. The number of nitriles is 1. The zero-order valence-electron chi connectivity index (χ0n) is 16.5. The summed E-state index contributed by atoms with van der Waals surface area (Å²) in [5, 5.41) is 21.0. The number of nitrogens with zero attached hydrogens (tertiary/aromatic N) is 1. The van der Waals surface area contributed by atoms with Gasteiger partial charge in [-0.05, 0) is 75.6 Å². The van der Waals surface area contributed by atoms with E-state index in [4.69, 9.17) is 9.84 Å². The van der Waals surface area contributed by atoms with Crippen LogP contribution in [0, 0.1) is 17.1 Å². The molecule has 3 rings (SSSR count). The van der Waals surface area contributed by atoms with Crippen molar-refractivity contribution in [1.82, 2.24) is 0 Å². The van der Waals surface area contributed by atoms with Crippen LogP contribution in [0.4, 0.5) is 10.1 Å². The number of hydrogen-bond donors (Lipinski definition) is 2. The van der Waals surface area contributed by atoms with Crippen molar-refractivity contribution in [1.29, 1.82) is 5.26 Å². The fraction of sp³-hybridized carbons (Fsp3) is 0.0417. The van der Waals surface area contributed by atoms with Crippen LogP contribution in [-0.4, -0.2) is 17.0 Å². The average Bonchev–Trinajstić information content (AvgIpc) is 2.77. The second-order valence-corrected chi connectivity index (χ2v) is 7.47. The Hall–Kier alpha value is -3.96. The minimum atomic E-state index is -1.12. The number of ether oxygens (including phenoxy) is 1. The molecule has 1 amide bonds. The van der Waals surface area contributed by atoms with Crippen molar-refractivity contribution >= 4 is 39.6 Å². The van der Waals surface area contributed by atoms with E-state index >= 15 is 0 Å². The van der Waals surface area contributed by atoms with Crippen LogP contribution in [-0.2, 0) is 11.4 Å². The van der Waals surface area contributed by atoms with Crippen LogP contribution in [0.5, 0.6) is 5.75 Å². The number of rotatable bonds is 7. The monoisotopic (exact) mass is 494 g/mol. The maximum atomic E-state index is 13.3. The Balaban J connectivity index is 1.72. The van der Waals surface area contributed by atoms with Gasteiger partial charge in [-0.3, -0.25) is 4.79 Å². The zero-order valence-corrected chi connectivity index (χ0v) is 18.1. The van der Waals surface area contributed by atoms with Crippen molar-refractivity contribution in [2.45, 2.75) is 6.61 Å². The topological polar surface area (TPSA) is 99.4 Å². The van der Waals surface area contributed by atoms with E-state index in [0.717, 1.165) is 0 Å². The molecule has 0 unspecified atom stereocenters. The standard InChI is InChI=1S/C24H16BrFN2O4/c25-21-11-15(7-8-22(21)32-14-16-3-1-5-19(26)10-16)9-18(13-27)23(29)28-20-6-2-4-17(12-20)24(30)31/h1-12H,14H2,(H,28,29)(H,30,31)/b18-9-. The Morgan fingerprint density at radius 1 is 1.12 bits per heavy atom. The summed E-state index contributed by atoms with van der Waals surface area (Å²) < 4.78 is 19.6. The molecular weight excluding hydrogens is 479 g/mol. The predicted molar refractivity (Wildman–Crippen MR) is 120 cm³/mol. The van der Waals surface area contributed by atoms with Crippen LogP contribution in [0.3, 0.4) is 0 Å². The molecule has 160 valence electrons. The number of benzene rings is 3. The average molecular weight is 495 g/mol. The highest BCUT2D eigenvalue weighted by atomic mass is 79.9. The van der Waals surface area contributed by atoms with Gasteiger partial charge in [0.2, 0.25) is 0 Å². The van der Waals surface area contributed by atoms with Gasteiger partial charge in [-0.15, -0.1) is 0 Å². The van der Waals surface area contributed by atoms with Gasteiger partial charge in [0.25, 0.3) is 5.91 Å². The Bertz CT molecular complexity index is 1250. The summed E-state index contributed by atoms with van der Waals surface area (Å²) in [6, 6.07) is 18.7. The second kappa shape index (κ2) is 10.4. The van der Waals surface area contributed by atoms with Gasteiger partial charge in [-0.25, -0.2) is 9.18 Å². The Kier molecular flexibility index (Phi) is 7.37. The maximum absolute atomic E-state index is 13.3. The lowest BCUT2D eigenvalue weighted by atomic mass is 10.1. The number of carboxylic acids is 1. The number of halogens is 2. The first-order valence-corrected chi connectivity index (χ1v) is 10.1. The normalized spacial score (nSPS) is 10.8. The van der Waals surface area contributed by atoms with Gasteiger partial charge in [-0.1, -0.05) is 24.3 Å². The second-order valence-electron chi connectivity index (χ2n) is 6.62. The molecule has 0 spiro atoms. The molecule has 0 aliphatic heterocycles. The van der Waals surface area contributed by atoms with E-state index < -0.39 is 11.9 Å². The molecule has 3 aromatic rings. The Morgan fingerprint density at radius 3 is 2.59 bits per heavy atom. The molecule has 0 bridgehead atoms. The van der Waals surface area contributed by atoms with Gasteiger partial charge in [0.05, 0.1) is 10.0 Å². The SMILES string of the molecule is N#C/C(=C/c1ccc(OCc2cccc(F)c2)c(Br)c1)C(=O)Nc1cccc(C(=O)O)c1. The van der Waals surface area contributed by atoms with Crippen molar-refractivity contribution < 1.29 is 23.8 Å². The number of nitrogens with one attached hydrogen (secondary N) is 1. The lowest BCUT2D eigenvalue weighted by Crippen LogP contribution is -2.13. The summed E-state index contributed by atoms with van der Waals surface area (Å²) in [4.78, 5) is 23.5. The number of hydrogen-bond acceptors (Lipinski definition) is 4. The van der Waals surface area contributed by atoms with Gasteiger partial charge in [0.1, 0.15) is 29.8 Å². The summed E-state index contributed by atoms with van der Waals surface area (Å²) in [5.41, 5.74) is 1.37. The maximum Gasteiger partial charge on any atom is 0.335 e. The summed E-state index contributed by atoms with van der Waals surface area (Å²) in [6.45, 7) is 0.173. The molecule has 0 aliphatic carbocycles. The van der Waals surface area contributed by atoms with Gasteiger partial charge in [0.15, 0.2) is 0 Å². The van der Waals surface area contributed by atoms with Gasteiger partial charge < -0.3 is 15.2 Å². The van der Waals surface area contributed by atoms with Crippen LogP contribution >= 0.6 is 15.9 Å². The molecule has 3 aromatic carbocycles. The third-order valence-corrected chi connectivity index (χ3v) is 4.90. The van der Waals surface area contributed by atoms with E-state index in [1.165, 1.54) is 42.5 Å². The van der Waals surface area contributed by atoms with Crippen molar-refractivity contribution in [3.63, 3.8) is 0 Å². The number of aromatic carboxylic acids is 1. The molecule has 0 heterocycles. The first-order chi connectivity index (χ1) is 15.4. The molecule has 32 heavy (non-hydrogen) atoms. The van der Waals surface area contributed by atoms with E-state index in [2.05, 4.69) is 21.2 Å². The summed E-state index contributed by atoms with van der Waals surface area (Å²) >= 11 is 3.39. The quantitative estimate of drug-likeness (QED) is 0.337. The molecule has 2 N–H and O–H groups in total. The number of carboxylic acid groups (broad SMARTS) is 1. The summed E-state index contributed by atoms with van der Waals surface area (Å²) in [5.74, 6) is -1.62. The Labute approximate surface area is 191 Å². The molecule has 0 aliphatic rings. The first-order valence-electron chi connectivity index (χ1n) is 9.29. The van der Waals surface area contributed by atoms with E-state index in [-0.39, 0.29) is 29.2 Å². The predicted octanol–water partition coefficient (Wildman–Crippen LogP) is 5.41. The van der Waals surface area contributed by atoms with Crippen molar-refractivity contribution in [3.05, 3.63) is 99.3 Å². The van der Waals surface area contributed by atoms with Crippen LogP contribution in [0.15, 0.2) is 76.8 Å². The number of carbonyl (C=O) groups is 2. The molecule has 0 atom stereocenters. The number of amides is 1. The fourth-order valence-corrected chi connectivity index (χ4v) is 3.27. The minimum absolute atomic E-state index is 0.0167. The Morgan fingerprint density at radius 2 is 1.91 bits per heavy atom. The zero-order chi connectivity index (χ0) is 23.1. The van der Waals surface area contributed by atoms with Gasteiger partial charge >= 0.3 is 5.97 Å². The number of anilines is 1. The van der Waals surface area contributed by atoms with Crippen LogP contribution in [0.2, 0.25) is 0 Å². The highest BCUT2D eigenvalue weighted by molar-refractivity contribution is 9.10. The largest absolute Gasteiger partial charge is 0.488 e.